The fourth-order valence-electron chi connectivity index (χ4n) is 1.65. The standard InChI is InChI=1S/C10H21N3O/c1-4-11-8-12(3)10(14)9-6-13(5-2)7-9/h9,11H,4-8H2,1-3H3. The molecule has 14 heavy (non-hydrogen) atoms. The summed E-state index contributed by atoms with van der Waals surface area (Å²) >= 11 is 0. The van der Waals surface area contributed by atoms with E-state index in [-0.39, 0.29) is 11.8 Å². The summed E-state index contributed by atoms with van der Waals surface area (Å²) in [5.74, 6) is 0.509. The quantitative estimate of drug-likeness (QED) is 0.631. The van der Waals surface area contributed by atoms with Crippen LogP contribution in [0.25, 0.3) is 0 Å². The van der Waals surface area contributed by atoms with Gasteiger partial charge in [0.15, 0.2) is 0 Å². The van der Waals surface area contributed by atoms with Gasteiger partial charge in [-0.05, 0) is 13.1 Å². The van der Waals surface area contributed by atoms with E-state index in [1.54, 1.807) is 4.90 Å². The minimum atomic E-state index is 0.235. The van der Waals surface area contributed by atoms with Gasteiger partial charge in [-0.1, -0.05) is 13.8 Å². The van der Waals surface area contributed by atoms with Gasteiger partial charge >= 0.3 is 0 Å². The molecule has 0 aliphatic carbocycles. The van der Waals surface area contributed by atoms with E-state index in [9.17, 15) is 4.79 Å². The van der Waals surface area contributed by atoms with Gasteiger partial charge in [-0.2, -0.15) is 0 Å². The van der Waals surface area contributed by atoms with E-state index in [1.807, 2.05) is 14.0 Å². The minimum Gasteiger partial charge on any atom is -0.333 e. The smallest absolute Gasteiger partial charge is 0.229 e. The number of amides is 1. The average molecular weight is 199 g/mol. The van der Waals surface area contributed by atoms with Crippen LogP contribution >= 0.6 is 0 Å². The summed E-state index contributed by atoms with van der Waals surface area (Å²) in [6.45, 7) is 8.67. The molecule has 1 fully saturated rings. The molecule has 1 N–H and O–H groups in total. The van der Waals surface area contributed by atoms with Crippen molar-refractivity contribution in [1.82, 2.24) is 15.1 Å². The second-order valence-corrected chi connectivity index (χ2v) is 3.85. The molecule has 1 amide bonds. The van der Waals surface area contributed by atoms with Gasteiger partial charge in [0, 0.05) is 20.1 Å². The maximum Gasteiger partial charge on any atom is 0.229 e. The summed E-state index contributed by atoms with van der Waals surface area (Å²) in [4.78, 5) is 15.8. The van der Waals surface area contributed by atoms with Crippen molar-refractivity contribution in [3.63, 3.8) is 0 Å². The van der Waals surface area contributed by atoms with Gasteiger partial charge in [-0.3, -0.25) is 4.79 Å². The third-order valence-corrected chi connectivity index (χ3v) is 2.73. The van der Waals surface area contributed by atoms with Crippen LogP contribution in [0.4, 0.5) is 0 Å². The highest BCUT2D eigenvalue weighted by molar-refractivity contribution is 5.79. The monoisotopic (exact) mass is 199 g/mol. The average Bonchev–Trinajstić information content (AvgIpc) is 2.12. The third kappa shape index (κ3) is 2.69. The number of hydrogen-bond donors (Lipinski definition) is 1. The molecule has 0 unspecified atom stereocenters. The Labute approximate surface area is 86.2 Å². The summed E-state index contributed by atoms with van der Waals surface area (Å²) in [7, 11) is 1.86. The lowest BCUT2D eigenvalue weighted by Gasteiger charge is -2.39. The van der Waals surface area contributed by atoms with E-state index in [0.717, 1.165) is 26.2 Å². The van der Waals surface area contributed by atoms with Crippen LogP contribution in [0.5, 0.6) is 0 Å². The third-order valence-electron chi connectivity index (χ3n) is 2.73. The van der Waals surface area contributed by atoms with E-state index in [2.05, 4.69) is 17.1 Å². The van der Waals surface area contributed by atoms with Crippen LogP contribution in [0, 0.1) is 5.92 Å². The maximum absolute atomic E-state index is 11.8. The molecule has 1 saturated heterocycles. The number of nitrogens with one attached hydrogen (secondary N) is 1. The topological polar surface area (TPSA) is 35.6 Å². The van der Waals surface area contributed by atoms with Crippen LogP contribution in [0.15, 0.2) is 0 Å². The van der Waals surface area contributed by atoms with Gasteiger partial charge in [-0.15, -0.1) is 0 Å². The largest absolute Gasteiger partial charge is 0.333 e. The molecule has 4 heteroatoms. The SMILES string of the molecule is CCNCN(C)C(=O)C1CN(CC)C1. The first kappa shape index (κ1) is 11.5. The number of carbonyl (C=O) groups excluding carboxylic acids is 1. The van der Waals surface area contributed by atoms with E-state index < -0.39 is 0 Å². The zero-order valence-electron chi connectivity index (χ0n) is 9.42. The van der Waals surface area contributed by atoms with E-state index >= 15 is 0 Å². The molecule has 1 rings (SSSR count). The summed E-state index contributed by atoms with van der Waals surface area (Å²) in [5, 5.41) is 3.15. The van der Waals surface area contributed by atoms with E-state index in [1.165, 1.54) is 0 Å². The highest BCUT2D eigenvalue weighted by atomic mass is 16.2. The zero-order chi connectivity index (χ0) is 10.6. The molecule has 0 saturated carbocycles. The Morgan fingerprint density at radius 1 is 1.50 bits per heavy atom. The molecular formula is C10H21N3O. The number of hydrogen-bond acceptors (Lipinski definition) is 3. The van der Waals surface area contributed by atoms with Crippen molar-refractivity contribution < 1.29 is 4.79 Å². The Bertz CT molecular complexity index is 183. The van der Waals surface area contributed by atoms with Gasteiger partial charge in [0.05, 0.1) is 12.6 Å². The summed E-state index contributed by atoms with van der Waals surface area (Å²) in [5.41, 5.74) is 0. The molecule has 0 atom stereocenters. The number of carbonyl (C=O) groups is 1. The van der Waals surface area contributed by atoms with Gasteiger partial charge in [-0.25, -0.2) is 0 Å². The molecule has 4 nitrogen and oxygen atoms in total. The Hall–Kier alpha value is -0.610. The number of nitrogens with zero attached hydrogens (tertiary/aromatic N) is 2. The molecule has 0 aromatic rings. The zero-order valence-corrected chi connectivity index (χ0v) is 9.42. The van der Waals surface area contributed by atoms with Crippen molar-refractivity contribution in [3.8, 4) is 0 Å². The molecule has 0 aromatic heterocycles. The molecule has 1 heterocycles. The van der Waals surface area contributed by atoms with Crippen molar-refractivity contribution >= 4 is 5.91 Å². The lowest BCUT2D eigenvalue weighted by molar-refractivity contribution is -0.139. The second-order valence-electron chi connectivity index (χ2n) is 3.85. The van der Waals surface area contributed by atoms with Crippen molar-refractivity contribution in [2.24, 2.45) is 5.92 Å². The molecule has 0 spiro atoms. The summed E-state index contributed by atoms with van der Waals surface area (Å²) in [6, 6.07) is 0. The van der Waals surface area contributed by atoms with Gasteiger partial charge in [0.1, 0.15) is 0 Å². The Kier molecular flexibility index (Phi) is 4.35. The van der Waals surface area contributed by atoms with Gasteiger partial charge < -0.3 is 15.1 Å². The first-order valence-corrected chi connectivity index (χ1v) is 5.37. The highest BCUT2D eigenvalue weighted by Crippen LogP contribution is 2.16. The Morgan fingerprint density at radius 3 is 2.64 bits per heavy atom. The van der Waals surface area contributed by atoms with Crippen LogP contribution in [0.1, 0.15) is 13.8 Å². The molecule has 1 aliphatic rings. The van der Waals surface area contributed by atoms with Crippen LogP contribution < -0.4 is 5.32 Å². The molecule has 0 bridgehead atoms. The maximum atomic E-state index is 11.8. The number of likely N-dealkylation sites (tertiary alicyclic amines) is 1. The fourth-order valence-corrected chi connectivity index (χ4v) is 1.65. The first-order valence-electron chi connectivity index (χ1n) is 5.37. The highest BCUT2D eigenvalue weighted by Gasteiger charge is 2.32. The van der Waals surface area contributed by atoms with Crippen LogP contribution in [-0.4, -0.2) is 55.6 Å². The lowest BCUT2D eigenvalue weighted by Crippen LogP contribution is -2.54. The molecule has 0 radical (unpaired) electrons. The van der Waals surface area contributed by atoms with Gasteiger partial charge in [0.25, 0.3) is 0 Å². The molecule has 0 aromatic carbocycles. The Morgan fingerprint density at radius 2 is 2.14 bits per heavy atom. The number of rotatable bonds is 5. The van der Waals surface area contributed by atoms with Crippen molar-refractivity contribution in [3.05, 3.63) is 0 Å². The van der Waals surface area contributed by atoms with Crippen molar-refractivity contribution in [2.45, 2.75) is 13.8 Å². The molecule has 1 aliphatic heterocycles. The lowest BCUT2D eigenvalue weighted by atomic mass is 9.99. The fraction of sp³-hybridized carbons (Fsp3) is 0.900. The van der Waals surface area contributed by atoms with Crippen molar-refractivity contribution in [1.29, 1.82) is 0 Å². The normalized spacial score (nSPS) is 17.9. The predicted octanol–water partition coefficient (Wildman–Crippen LogP) is -0.0365. The Balaban J connectivity index is 2.21. The van der Waals surface area contributed by atoms with E-state index in [4.69, 9.17) is 0 Å². The minimum absolute atomic E-state index is 0.235. The van der Waals surface area contributed by atoms with Crippen LogP contribution in [0.2, 0.25) is 0 Å². The first-order chi connectivity index (χ1) is 6.69. The molecule has 82 valence electrons. The molecular weight excluding hydrogens is 178 g/mol. The summed E-state index contributed by atoms with van der Waals surface area (Å²) in [6.07, 6.45) is 0. The van der Waals surface area contributed by atoms with Gasteiger partial charge in [0.2, 0.25) is 5.91 Å². The van der Waals surface area contributed by atoms with Crippen molar-refractivity contribution in [2.75, 3.05) is 39.9 Å². The van der Waals surface area contributed by atoms with Crippen LogP contribution in [0.3, 0.4) is 0 Å². The van der Waals surface area contributed by atoms with E-state index in [0.29, 0.717) is 6.67 Å². The second kappa shape index (κ2) is 5.32. The van der Waals surface area contributed by atoms with Crippen LogP contribution in [-0.2, 0) is 4.79 Å². The summed E-state index contributed by atoms with van der Waals surface area (Å²) < 4.78 is 0. The predicted molar refractivity (Wildman–Crippen MR) is 56.9 cm³/mol.